The van der Waals surface area contributed by atoms with E-state index in [4.69, 9.17) is 18.6 Å². The molecule has 1 amide bonds. The van der Waals surface area contributed by atoms with Gasteiger partial charge >= 0.3 is 0 Å². The molecule has 152 valence electrons. The predicted octanol–water partition coefficient (Wildman–Crippen LogP) is 3.64. The molecule has 8 heteroatoms. The third-order valence-electron chi connectivity index (χ3n) is 4.28. The maximum absolute atomic E-state index is 12.3. The second kappa shape index (κ2) is 9.09. The number of rotatable bonds is 8. The number of hydrogen-bond donors (Lipinski definition) is 1. The molecule has 3 aromatic rings. The summed E-state index contributed by atoms with van der Waals surface area (Å²) in [6.45, 7) is 2.01. The highest BCUT2D eigenvalue weighted by Crippen LogP contribution is 2.39. The highest BCUT2D eigenvalue weighted by Gasteiger charge is 2.15. The normalized spacial score (nSPS) is 10.5. The van der Waals surface area contributed by atoms with Crippen LogP contribution in [0.4, 0.5) is 5.69 Å². The molecular weight excluding hydrogens is 374 g/mol. The van der Waals surface area contributed by atoms with Crippen LogP contribution in [-0.2, 0) is 11.2 Å². The molecule has 0 atom stereocenters. The molecule has 1 N–H and O–H groups in total. The Hall–Kier alpha value is -3.55. The van der Waals surface area contributed by atoms with Gasteiger partial charge in [-0.1, -0.05) is 17.7 Å². The average Bonchev–Trinajstić information content (AvgIpc) is 3.21. The maximum atomic E-state index is 12.3. The SMILES string of the molecule is COc1cc(NC(=O)CCc2nnc(-c3ccc(C)cc3)o2)cc(OC)c1OC. The summed E-state index contributed by atoms with van der Waals surface area (Å²) in [6, 6.07) is 11.1. The molecule has 0 spiro atoms. The molecule has 0 aliphatic rings. The van der Waals surface area contributed by atoms with Crippen molar-refractivity contribution in [1.29, 1.82) is 0 Å². The quantitative estimate of drug-likeness (QED) is 0.620. The lowest BCUT2D eigenvalue weighted by atomic mass is 10.1. The number of carbonyl (C=O) groups is 1. The van der Waals surface area contributed by atoms with Crippen LogP contribution in [-0.4, -0.2) is 37.4 Å². The average molecular weight is 397 g/mol. The van der Waals surface area contributed by atoms with Crippen molar-refractivity contribution in [2.45, 2.75) is 19.8 Å². The molecule has 2 aromatic carbocycles. The molecule has 0 saturated heterocycles. The minimum absolute atomic E-state index is 0.187. The van der Waals surface area contributed by atoms with Crippen LogP contribution >= 0.6 is 0 Å². The van der Waals surface area contributed by atoms with Crippen LogP contribution in [0.3, 0.4) is 0 Å². The first-order chi connectivity index (χ1) is 14.0. The summed E-state index contributed by atoms with van der Waals surface area (Å²) in [4.78, 5) is 12.3. The Labute approximate surface area is 168 Å². The molecule has 0 fully saturated rings. The number of aryl methyl sites for hydroxylation is 2. The van der Waals surface area contributed by atoms with Gasteiger partial charge in [-0.3, -0.25) is 4.79 Å². The van der Waals surface area contributed by atoms with Crippen LogP contribution in [0.2, 0.25) is 0 Å². The lowest BCUT2D eigenvalue weighted by Gasteiger charge is -2.14. The smallest absolute Gasteiger partial charge is 0.247 e. The van der Waals surface area contributed by atoms with Crippen molar-refractivity contribution < 1.29 is 23.4 Å². The van der Waals surface area contributed by atoms with Crippen LogP contribution in [0.25, 0.3) is 11.5 Å². The number of benzene rings is 2. The predicted molar refractivity (Wildman–Crippen MR) is 108 cm³/mol. The van der Waals surface area contributed by atoms with Gasteiger partial charge in [0.15, 0.2) is 11.5 Å². The lowest BCUT2D eigenvalue weighted by molar-refractivity contribution is -0.116. The fourth-order valence-corrected chi connectivity index (χ4v) is 2.76. The maximum Gasteiger partial charge on any atom is 0.247 e. The van der Waals surface area contributed by atoms with Crippen molar-refractivity contribution in [3.05, 3.63) is 47.9 Å². The van der Waals surface area contributed by atoms with Gasteiger partial charge in [0, 0.05) is 36.2 Å². The number of nitrogens with zero attached hydrogens (tertiary/aromatic N) is 2. The van der Waals surface area contributed by atoms with Gasteiger partial charge in [0.2, 0.25) is 23.4 Å². The molecule has 0 bridgehead atoms. The molecule has 0 aliphatic carbocycles. The number of ether oxygens (including phenoxy) is 3. The number of nitrogens with one attached hydrogen (secondary N) is 1. The fourth-order valence-electron chi connectivity index (χ4n) is 2.76. The van der Waals surface area contributed by atoms with Gasteiger partial charge in [0.05, 0.1) is 21.3 Å². The Kier molecular flexibility index (Phi) is 6.33. The minimum atomic E-state index is -0.200. The zero-order valence-corrected chi connectivity index (χ0v) is 16.8. The van der Waals surface area contributed by atoms with Crippen LogP contribution in [0.1, 0.15) is 17.9 Å². The summed E-state index contributed by atoms with van der Waals surface area (Å²) in [7, 11) is 4.56. The third-order valence-corrected chi connectivity index (χ3v) is 4.28. The Balaban J connectivity index is 1.62. The zero-order valence-electron chi connectivity index (χ0n) is 16.8. The summed E-state index contributed by atoms with van der Waals surface area (Å²) >= 11 is 0. The third kappa shape index (κ3) is 4.84. The van der Waals surface area contributed by atoms with E-state index in [0.29, 0.717) is 41.1 Å². The second-order valence-corrected chi connectivity index (χ2v) is 6.33. The summed E-state index contributed by atoms with van der Waals surface area (Å²) in [5.41, 5.74) is 2.53. The summed E-state index contributed by atoms with van der Waals surface area (Å²) in [5.74, 6) is 2.02. The van der Waals surface area contributed by atoms with Crippen molar-refractivity contribution >= 4 is 11.6 Å². The molecule has 0 saturated carbocycles. The van der Waals surface area contributed by atoms with Crippen LogP contribution < -0.4 is 19.5 Å². The van der Waals surface area contributed by atoms with E-state index < -0.39 is 0 Å². The lowest BCUT2D eigenvalue weighted by Crippen LogP contribution is -2.12. The summed E-state index contributed by atoms with van der Waals surface area (Å²) in [5, 5.41) is 10.9. The van der Waals surface area contributed by atoms with E-state index in [-0.39, 0.29) is 12.3 Å². The molecule has 1 aromatic heterocycles. The van der Waals surface area contributed by atoms with Gasteiger partial charge in [-0.2, -0.15) is 0 Å². The fraction of sp³-hybridized carbons (Fsp3) is 0.286. The molecule has 0 aliphatic heterocycles. The van der Waals surface area contributed by atoms with E-state index in [1.165, 1.54) is 21.3 Å². The molecule has 1 heterocycles. The van der Waals surface area contributed by atoms with E-state index in [1.807, 2.05) is 31.2 Å². The molecule has 0 unspecified atom stereocenters. The Morgan fingerprint density at radius 3 is 2.24 bits per heavy atom. The monoisotopic (exact) mass is 397 g/mol. The topological polar surface area (TPSA) is 95.7 Å². The first-order valence-electron chi connectivity index (χ1n) is 9.03. The first-order valence-corrected chi connectivity index (χ1v) is 9.03. The van der Waals surface area contributed by atoms with E-state index >= 15 is 0 Å². The Morgan fingerprint density at radius 2 is 1.66 bits per heavy atom. The summed E-state index contributed by atoms with van der Waals surface area (Å²) < 4.78 is 21.5. The van der Waals surface area contributed by atoms with Crippen molar-refractivity contribution in [2.75, 3.05) is 26.6 Å². The van der Waals surface area contributed by atoms with Crippen LogP contribution in [0.5, 0.6) is 17.2 Å². The number of carbonyl (C=O) groups excluding carboxylic acids is 1. The number of aromatic nitrogens is 2. The van der Waals surface area contributed by atoms with Gasteiger partial charge in [-0.15, -0.1) is 10.2 Å². The molecule has 8 nitrogen and oxygen atoms in total. The van der Waals surface area contributed by atoms with Crippen molar-refractivity contribution in [3.8, 4) is 28.7 Å². The second-order valence-electron chi connectivity index (χ2n) is 6.33. The number of amides is 1. The van der Waals surface area contributed by atoms with E-state index in [1.54, 1.807) is 12.1 Å². The Morgan fingerprint density at radius 1 is 1.00 bits per heavy atom. The van der Waals surface area contributed by atoms with Crippen LogP contribution in [0, 0.1) is 6.92 Å². The largest absolute Gasteiger partial charge is 0.493 e. The Bertz CT molecular complexity index is 957. The molecule has 0 radical (unpaired) electrons. The minimum Gasteiger partial charge on any atom is -0.493 e. The van der Waals surface area contributed by atoms with Crippen molar-refractivity contribution in [3.63, 3.8) is 0 Å². The van der Waals surface area contributed by atoms with Gasteiger partial charge in [-0.05, 0) is 19.1 Å². The van der Waals surface area contributed by atoms with Crippen molar-refractivity contribution in [2.24, 2.45) is 0 Å². The molecular formula is C21H23N3O5. The van der Waals surface area contributed by atoms with Gasteiger partial charge in [0.25, 0.3) is 0 Å². The summed E-state index contributed by atoms with van der Waals surface area (Å²) in [6.07, 6.45) is 0.515. The van der Waals surface area contributed by atoms with Crippen molar-refractivity contribution in [1.82, 2.24) is 10.2 Å². The molecule has 29 heavy (non-hydrogen) atoms. The van der Waals surface area contributed by atoms with E-state index in [0.717, 1.165) is 11.1 Å². The van der Waals surface area contributed by atoms with Gasteiger partial charge in [-0.25, -0.2) is 0 Å². The standard InChI is InChI=1S/C21H23N3O5/c1-13-5-7-14(8-6-13)21-24-23-19(29-21)10-9-18(25)22-15-11-16(26-2)20(28-4)17(12-15)27-3/h5-8,11-12H,9-10H2,1-4H3,(H,22,25). The zero-order chi connectivity index (χ0) is 20.8. The van der Waals surface area contributed by atoms with Gasteiger partial charge < -0.3 is 23.9 Å². The highest BCUT2D eigenvalue weighted by atomic mass is 16.5. The van der Waals surface area contributed by atoms with Crippen LogP contribution in [0.15, 0.2) is 40.8 Å². The first kappa shape index (κ1) is 20.2. The number of anilines is 1. The number of hydrogen-bond acceptors (Lipinski definition) is 7. The highest BCUT2D eigenvalue weighted by molar-refractivity contribution is 5.91. The number of methoxy groups -OCH3 is 3. The van der Waals surface area contributed by atoms with E-state index in [2.05, 4.69) is 15.5 Å². The van der Waals surface area contributed by atoms with Gasteiger partial charge in [0.1, 0.15) is 0 Å². The molecule has 3 rings (SSSR count). The van der Waals surface area contributed by atoms with E-state index in [9.17, 15) is 4.79 Å².